The fourth-order valence-electron chi connectivity index (χ4n) is 2.85. The number of aromatic nitrogens is 1. The molecule has 0 aliphatic heterocycles. The van der Waals surface area contributed by atoms with Gasteiger partial charge in [0.15, 0.2) is 0 Å². The highest BCUT2D eigenvalue weighted by molar-refractivity contribution is 7.98. The van der Waals surface area contributed by atoms with E-state index in [1.165, 1.54) is 4.90 Å². The third-order valence-corrected chi connectivity index (χ3v) is 5.10. The molecule has 2 N–H and O–H groups in total. The molecule has 0 radical (unpaired) electrons. The van der Waals surface area contributed by atoms with Crippen molar-refractivity contribution in [2.24, 2.45) is 0 Å². The number of pyridine rings is 1. The van der Waals surface area contributed by atoms with E-state index in [1.54, 1.807) is 11.8 Å². The van der Waals surface area contributed by atoms with Gasteiger partial charge in [0.05, 0.1) is 0 Å². The molecule has 1 aromatic carbocycles. The topological polar surface area (TPSA) is 53.1 Å². The first-order chi connectivity index (χ1) is 11.7. The van der Waals surface area contributed by atoms with Gasteiger partial charge >= 0.3 is 0 Å². The van der Waals surface area contributed by atoms with Gasteiger partial charge in [0.1, 0.15) is 0 Å². The van der Waals surface area contributed by atoms with E-state index in [0.717, 1.165) is 48.1 Å². The summed E-state index contributed by atoms with van der Waals surface area (Å²) in [6.07, 6.45) is 7.91. The van der Waals surface area contributed by atoms with Gasteiger partial charge in [0.25, 0.3) is 5.56 Å². The minimum atomic E-state index is 0.0313. The van der Waals surface area contributed by atoms with Crippen molar-refractivity contribution in [2.75, 3.05) is 12.9 Å². The van der Waals surface area contributed by atoms with Crippen molar-refractivity contribution in [2.45, 2.75) is 36.5 Å². The number of aliphatic hydroxyl groups is 1. The minimum Gasteiger partial charge on any atom is -0.396 e. The van der Waals surface area contributed by atoms with E-state index >= 15 is 0 Å². The van der Waals surface area contributed by atoms with E-state index in [9.17, 15) is 4.79 Å². The van der Waals surface area contributed by atoms with Crippen LogP contribution >= 0.6 is 11.8 Å². The van der Waals surface area contributed by atoms with Gasteiger partial charge in [-0.2, -0.15) is 0 Å². The summed E-state index contributed by atoms with van der Waals surface area (Å²) in [6, 6.07) is 12.4. The summed E-state index contributed by atoms with van der Waals surface area (Å²) in [5, 5.41) is 9.05. The van der Waals surface area contributed by atoms with Crippen LogP contribution in [0.15, 0.2) is 52.2 Å². The molecule has 1 saturated carbocycles. The molecule has 0 amide bonds. The number of thioether (sulfide) groups is 1. The maximum absolute atomic E-state index is 12.4. The molecule has 0 spiro atoms. The highest BCUT2D eigenvalue weighted by atomic mass is 32.2. The predicted octanol–water partition coefficient (Wildman–Crippen LogP) is 4.18. The van der Waals surface area contributed by atoms with Crippen LogP contribution in [0.2, 0.25) is 0 Å². The van der Waals surface area contributed by atoms with Crippen LogP contribution in [0.4, 0.5) is 0 Å². The Bertz CT molecular complexity index is 773. The van der Waals surface area contributed by atoms with Crippen LogP contribution in [-0.2, 0) is 0 Å². The number of unbranched alkanes of at least 4 members (excludes halogenated alkanes) is 1. The molecule has 126 valence electrons. The number of H-pyrrole nitrogens is 1. The maximum atomic E-state index is 12.4. The summed E-state index contributed by atoms with van der Waals surface area (Å²) in [4.78, 5) is 16.6. The van der Waals surface area contributed by atoms with E-state index in [4.69, 9.17) is 5.11 Å². The second-order valence-electron chi connectivity index (χ2n) is 6.14. The Hall–Kier alpha value is -1.78. The fraction of sp³-hybridized carbons (Fsp3) is 0.350. The Morgan fingerprint density at radius 1 is 1.25 bits per heavy atom. The maximum Gasteiger partial charge on any atom is 0.251 e. The second-order valence-corrected chi connectivity index (χ2v) is 7.02. The summed E-state index contributed by atoms with van der Waals surface area (Å²) < 4.78 is 0. The van der Waals surface area contributed by atoms with Gasteiger partial charge in [0, 0.05) is 28.3 Å². The SMILES string of the molecule is CSc1ccc(C(=CCCCO)c2ccc(C3CC3)c(=O)[nH]2)cc1. The monoisotopic (exact) mass is 341 g/mol. The van der Waals surface area contributed by atoms with Crippen LogP contribution in [0.1, 0.15) is 48.4 Å². The van der Waals surface area contributed by atoms with Crippen molar-refractivity contribution in [1.82, 2.24) is 4.98 Å². The first-order valence-corrected chi connectivity index (χ1v) is 9.64. The zero-order chi connectivity index (χ0) is 16.9. The van der Waals surface area contributed by atoms with Crippen LogP contribution in [0.3, 0.4) is 0 Å². The van der Waals surface area contributed by atoms with Gasteiger partial charge in [-0.15, -0.1) is 11.8 Å². The number of hydrogen-bond donors (Lipinski definition) is 2. The fourth-order valence-corrected chi connectivity index (χ4v) is 3.26. The van der Waals surface area contributed by atoms with Crippen molar-refractivity contribution in [3.63, 3.8) is 0 Å². The summed E-state index contributed by atoms with van der Waals surface area (Å²) in [5.41, 5.74) is 3.89. The van der Waals surface area contributed by atoms with Gasteiger partial charge in [-0.25, -0.2) is 0 Å². The first-order valence-electron chi connectivity index (χ1n) is 8.42. The standard InChI is InChI=1S/C20H23NO2S/c1-24-16-9-7-14(8-10-16)17(4-2-3-13-22)19-12-11-18(15-5-6-15)20(23)21-19/h4,7-12,15,22H,2-3,5-6,13H2,1H3,(H,21,23). The zero-order valence-corrected chi connectivity index (χ0v) is 14.7. The average molecular weight is 341 g/mol. The van der Waals surface area contributed by atoms with Crippen LogP contribution < -0.4 is 5.56 Å². The quantitative estimate of drug-likeness (QED) is 0.587. The Kier molecular flexibility index (Phi) is 5.59. The summed E-state index contributed by atoms with van der Waals surface area (Å²) >= 11 is 1.71. The highest BCUT2D eigenvalue weighted by Crippen LogP contribution is 2.38. The molecule has 1 aromatic heterocycles. The van der Waals surface area contributed by atoms with Crippen LogP contribution in [-0.4, -0.2) is 23.0 Å². The molecule has 3 nitrogen and oxygen atoms in total. The Morgan fingerprint density at radius 3 is 2.58 bits per heavy atom. The lowest BCUT2D eigenvalue weighted by atomic mass is 9.99. The van der Waals surface area contributed by atoms with Gasteiger partial charge < -0.3 is 10.1 Å². The number of nitrogens with one attached hydrogen (secondary N) is 1. The Labute approximate surface area is 146 Å². The van der Waals surface area contributed by atoms with Crippen molar-refractivity contribution in [3.05, 3.63) is 69.6 Å². The molecule has 0 atom stereocenters. The number of aromatic amines is 1. The van der Waals surface area contributed by atoms with Crippen LogP contribution in [0, 0.1) is 0 Å². The lowest BCUT2D eigenvalue weighted by molar-refractivity contribution is 0.289. The summed E-state index contributed by atoms with van der Waals surface area (Å²) in [6.45, 7) is 0.173. The molecule has 3 rings (SSSR count). The molecule has 2 aromatic rings. The molecule has 4 heteroatoms. The predicted molar refractivity (Wildman–Crippen MR) is 101 cm³/mol. The largest absolute Gasteiger partial charge is 0.396 e. The van der Waals surface area contributed by atoms with E-state index in [1.807, 2.05) is 12.1 Å². The number of allylic oxidation sites excluding steroid dienone is 1. The summed E-state index contributed by atoms with van der Waals surface area (Å²) in [7, 11) is 0. The van der Waals surface area contributed by atoms with E-state index in [0.29, 0.717) is 5.92 Å². The lowest BCUT2D eigenvalue weighted by Crippen LogP contribution is -2.13. The number of aliphatic hydroxyl groups excluding tert-OH is 1. The van der Waals surface area contributed by atoms with E-state index in [-0.39, 0.29) is 12.2 Å². The second kappa shape index (κ2) is 7.86. The number of rotatable bonds is 7. The van der Waals surface area contributed by atoms with Crippen LogP contribution in [0.25, 0.3) is 5.57 Å². The summed E-state index contributed by atoms with van der Waals surface area (Å²) in [5.74, 6) is 0.450. The molecule has 1 aliphatic rings. The third kappa shape index (κ3) is 4.00. The van der Waals surface area contributed by atoms with E-state index in [2.05, 4.69) is 41.6 Å². The van der Waals surface area contributed by atoms with Crippen molar-refractivity contribution in [1.29, 1.82) is 0 Å². The van der Waals surface area contributed by atoms with Gasteiger partial charge in [-0.05, 0) is 61.6 Å². The molecular weight excluding hydrogens is 318 g/mol. The highest BCUT2D eigenvalue weighted by Gasteiger charge is 2.26. The normalized spacial score (nSPS) is 14.8. The number of hydrogen-bond acceptors (Lipinski definition) is 3. The van der Waals surface area contributed by atoms with Crippen molar-refractivity contribution in [3.8, 4) is 0 Å². The number of benzene rings is 1. The van der Waals surface area contributed by atoms with Crippen molar-refractivity contribution < 1.29 is 5.11 Å². The molecule has 0 saturated heterocycles. The smallest absolute Gasteiger partial charge is 0.251 e. The van der Waals surface area contributed by atoms with Crippen molar-refractivity contribution >= 4 is 17.3 Å². The first kappa shape index (κ1) is 17.1. The zero-order valence-electron chi connectivity index (χ0n) is 13.9. The van der Waals surface area contributed by atoms with Gasteiger partial charge in [-0.3, -0.25) is 4.79 Å². The van der Waals surface area contributed by atoms with Gasteiger partial charge in [-0.1, -0.05) is 24.3 Å². The molecule has 24 heavy (non-hydrogen) atoms. The Morgan fingerprint density at radius 2 is 2.00 bits per heavy atom. The molecule has 1 fully saturated rings. The molecule has 0 bridgehead atoms. The Balaban J connectivity index is 1.95. The molecule has 0 unspecified atom stereocenters. The van der Waals surface area contributed by atoms with Crippen LogP contribution in [0.5, 0.6) is 0 Å². The van der Waals surface area contributed by atoms with E-state index < -0.39 is 0 Å². The molecule has 1 heterocycles. The average Bonchev–Trinajstić information content (AvgIpc) is 3.44. The molecule has 1 aliphatic carbocycles. The third-order valence-electron chi connectivity index (χ3n) is 4.36. The molecular formula is C20H23NO2S. The lowest BCUT2D eigenvalue weighted by Gasteiger charge is -2.10. The minimum absolute atomic E-state index is 0.0313. The van der Waals surface area contributed by atoms with Gasteiger partial charge in [0.2, 0.25) is 0 Å².